The van der Waals surface area contributed by atoms with Crippen LogP contribution in [0.3, 0.4) is 0 Å². The van der Waals surface area contributed by atoms with E-state index in [2.05, 4.69) is 19.2 Å². The molecule has 1 N–H and O–H groups in total. The summed E-state index contributed by atoms with van der Waals surface area (Å²) in [5.41, 5.74) is 1.71. The Hall–Kier alpha value is -0.970. The Kier molecular flexibility index (Phi) is 6.15. The minimum Gasteiger partial charge on any atom is -0.381 e. The average molecular weight is 295 g/mol. The molecule has 4 heteroatoms. The van der Waals surface area contributed by atoms with E-state index < -0.39 is 0 Å². The lowest BCUT2D eigenvalue weighted by molar-refractivity contribution is 0.0133. The normalized spacial score (nSPS) is 22.7. The lowest BCUT2D eigenvalue weighted by atomic mass is 9.86. The van der Waals surface area contributed by atoms with Crippen LogP contribution in [-0.4, -0.2) is 26.4 Å². The molecule has 118 valence electrons. The van der Waals surface area contributed by atoms with Crippen molar-refractivity contribution in [2.75, 3.05) is 20.3 Å². The molecule has 2 rings (SSSR count). The number of hydrogen-bond acceptors (Lipinski definition) is 3. The highest BCUT2D eigenvalue weighted by Crippen LogP contribution is 2.23. The Labute approximate surface area is 126 Å². The molecule has 1 aliphatic heterocycles. The second-order valence-electron chi connectivity index (χ2n) is 6.12. The van der Waals surface area contributed by atoms with Gasteiger partial charge in [0, 0.05) is 31.9 Å². The van der Waals surface area contributed by atoms with Gasteiger partial charge in [0.2, 0.25) is 0 Å². The van der Waals surface area contributed by atoms with Crippen molar-refractivity contribution in [2.45, 2.75) is 39.5 Å². The molecule has 2 unspecified atom stereocenters. The van der Waals surface area contributed by atoms with Crippen LogP contribution in [0.5, 0.6) is 0 Å². The highest BCUT2D eigenvalue weighted by Gasteiger charge is 2.27. The fourth-order valence-electron chi connectivity index (χ4n) is 2.92. The zero-order chi connectivity index (χ0) is 15.2. The molecule has 0 radical (unpaired) electrons. The summed E-state index contributed by atoms with van der Waals surface area (Å²) in [5, 5.41) is 3.61. The number of ether oxygens (including phenoxy) is 2. The van der Waals surface area contributed by atoms with Crippen LogP contribution >= 0.6 is 0 Å². The van der Waals surface area contributed by atoms with Gasteiger partial charge in [-0.1, -0.05) is 19.9 Å². The van der Waals surface area contributed by atoms with Crippen molar-refractivity contribution in [3.05, 3.63) is 35.1 Å². The van der Waals surface area contributed by atoms with Crippen molar-refractivity contribution in [3.63, 3.8) is 0 Å². The van der Waals surface area contributed by atoms with Gasteiger partial charge in [-0.15, -0.1) is 0 Å². The lowest BCUT2D eigenvalue weighted by Gasteiger charge is -2.35. The van der Waals surface area contributed by atoms with Gasteiger partial charge in [-0.3, -0.25) is 0 Å². The first-order valence-electron chi connectivity index (χ1n) is 7.69. The van der Waals surface area contributed by atoms with E-state index in [-0.39, 0.29) is 5.82 Å². The fourth-order valence-corrected chi connectivity index (χ4v) is 2.92. The van der Waals surface area contributed by atoms with E-state index in [1.165, 1.54) is 6.07 Å². The molecule has 1 aromatic rings. The van der Waals surface area contributed by atoms with Gasteiger partial charge in [0.25, 0.3) is 0 Å². The molecular formula is C17H26FNO2. The number of nitrogens with one attached hydrogen (secondary N) is 1. The van der Waals surface area contributed by atoms with E-state index in [1.54, 1.807) is 7.11 Å². The van der Waals surface area contributed by atoms with Crippen molar-refractivity contribution in [1.82, 2.24) is 5.32 Å². The second-order valence-corrected chi connectivity index (χ2v) is 6.12. The summed E-state index contributed by atoms with van der Waals surface area (Å²) in [6.07, 6.45) is 1.04. The van der Waals surface area contributed by atoms with Crippen molar-refractivity contribution in [3.8, 4) is 0 Å². The summed E-state index contributed by atoms with van der Waals surface area (Å²) in [6.45, 7) is 7.19. The van der Waals surface area contributed by atoms with E-state index in [9.17, 15) is 4.39 Å². The minimum absolute atomic E-state index is 0.202. The van der Waals surface area contributed by atoms with E-state index >= 15 is 0 Å². The second kappa shape index (κ2) is 7.87. The first-order chi connectivity index (χ1) is 10.1. The SMILES string of the molecule is COCc1cc(CNC2CCOCC2C(C)C)ccc1F. The smallest absolute Gasteiger partial charge is 0.128 e. The maximum Gasteiger partial charge on any atom is 0.128 e. The van der Waals surface area contributed by atoms with Gasteiger partial charge in [0.1, 0.15) is 5.82 Å². The molecule has 2 atom stereocenters. The Morgan fingerprint density at radius 1 is 1.43 bits per heavy atom. The van der Waals surface area contributed by atoms with Crippen LogP contribution in [0, 0.1) is 17.7 Å². The molecule has 3 nitrogen and oxygen atoms in total. The zero-order valence-corrected chi connectivity index (χ0v) is 13.2. The average Bonchev–Trinajstić information content (AvgIpc) is 2.48. The van der Waals surface area contributed by atoms with Crippen LogP contribution in [0.4, 0.5) is 4.39 Å². The van der Waals surface area contributed by atoms with Gasteiger partial charge in [0.15, 0.2) is 0 Å². The molecule has 0 amide bonds. The van der Waals surface area contributed by atoms with Gasteiger partial charge in [-0.05, 0) is 36.0 Å². The van der Waals surface area contributed by atoms with E-state index in [4.69, 9.17) is 9.47 Å². The van der Waals surface area contributed by atoms with Crippen molar-refractivity contribution in [1.29, 1.82) is 0 Å². The molecule has 1 aromatic carbocycles. The standard InChI is InChI=1S/C17H26FNO2/c1-12(2)15-11-21-7-6-17(15)19-9-13-4-5-16(18)14(8-13)10-20-3/h4-5,8,12,15,17,19H,6-7,9-11H2,1-3H3. The fraction of sp³-hybridized carbons (Fsp3) is 0.647. The van der Waals surface area contributed by atoms with Crippen LogP contribution in [0.15, 0.2) is 18.2 Å². The first-order valence-corrected chi connectivity index (χ1v) is 7.69. The van der Waals surface area contributed by atoms with Gasteiger partial charge in [-0.25, -0.2) is 4.39 Å². The molecule has 1 fully saturated rings. The monoisotopic (exact) mass is 295 g/mol. The highest BCUT2D eigenvalue weighted by atomic mass is 19.1. The van der Waals surface area contributed by atoms with Gasteiger partial charge in [-0.2, -0.15) is 0 Å². The van der Waals surface area contributed by atoms with Crippen LogP contribution in [0.2, 0.25) is 0 Å². The number of benzene rings is 1. The molecule has 21 heavy (non-hydrogen) atoms. The molecule has 0 aliphatic carbocycles. The summed E-state index contributed by atoms with van der Waals surface area (Å²) in [4.78, 5) is 0. The number of methoxy groups -OCH3 is 1. The van der Waals surface area contributed by atoms with Crippen LogP contribution in [0.1, 0.15) is 31.4 Å². The number of rotatable bonds is 6. The van der Waals surface area contributed by atoms with Gasteiger partial charge >= 0.3 is 0 Å². The van der Waals surface area contributed by atoms with Crippen molar-refractivity contribution >= 4 is 0 Å². The summed E-state index contributed by atoms with van der Waals surface area (Å²) >= 11 is 0. The predicted octanol–water partition coefficient (Wildman–Crippen LogP) is 3.12. The third-order valence-corrected chi connectivity index (χ3v) is 4.23. The van der Waals surface area contributed by atoms with Crippen LogP contribution < -0.4 is 5.32 Å². The lowest BCUT2D eigenvalue weighted by Crippen LogP contribution is -2.44. The molecule has 0 saturated carbocycles. The maximum atomic E-state index is 13.6. The summed E-state index contributed by atoms with van der Waals surface area (Å²) in [6, 6.07) is 5.71. The van der Waals surface area contributed by atoms with E-state index in [0.29, 0.717) is 30.0 Å². The predicted molar refractivity (Wildman–Crippen MR) is 81.5 cm³/mol. The molecule has 1 heterocycles. The van der Waals surface area contributed by atoms with Crippen molar-refractivity contribution < 1.29 is 13.9 Å². The Morgan fingerprint density at radius 2 is 2.24 bits per heavy atom. The third-order valence-electron chi connectivity index (χ3n) is 4.23. The summed E-state index contributed by atoms with van der Waals surface area (Å²) in [7, 11) is 1.58. The quantitative estimate of drug-likeness (QED) is 0.874. The Morgan fingerprint density at radius 3 is 2.95 bits per heavy atom. The van der Waals surface area contributed by atoms with Crippen LogP contribution in [-0.2, 0) is 22.6 Å². The first kappa shape index (κ1) is 16.4. The number of hydrogen-bond donors (Lipinski definition) is 1. The summed E-state index contributed by atoms with van der Waals surface area (Å²) in [5.74, 6) is 0.935. The summed E-state index contributed by atoms with van der Waals surface area (Å²) < 4.78 is 24.2. The maximum absolute atomic E-state index is 13.6. The molecule has 1 aliphatic rings. The molecule has 0 spiro atoms. The van der Waals surface area contributed by atoms with Crippen LogP contribution in [0.25, 0.3) is 0 Å². The van der Waals surface area contributed by atoms with E-state index in [1.807, 2.05) is 12.1 Å². The minimum atomic E-state index is -0.202. The number of halogens is 1. The third kappa shape index (κ3) is 4.50. The molecule has 0 bridgehead atoms. The Bertz CT molecular complexity index is 450. The van der Waals surface area contributed by atoms with Gasteiger partial charge < -0.3 is 14.8 Å². The zero-order valence-electron chi connectivity index (χ0n) is 13.2. The largest absolute Gasteiger partial charge is 0.381 e. The molecular weight excluding hydrogens is 269 g/mol. The molecule has 0 aromatic heterocycles. The van der Waals surface area contributed by atoms with Gasteiger partial charge in [0.05, 0.1) is 13.2 Å². The van der Waals surface area contributed by atoms with Crippen molar-refractivity contribution in [2.24, 2.45) is 11.8 Å². The van der Waals surface area contributed by atoms with E-state index in [0.717, 1.165) is 31.7 Å². The highest BCUT2D eigenvalue weighted by molar-refractivity contribution is 5.24. The Balaban J connectivity index is 1.96. The topological polar surface area (TPSA) is 30.5 Å². The molecule has 1 saturated heterocycles.